The topological polar surface area (TPSA) is 43.1 Å². The number of fused-ring (bicyclic) bond motifs is 1. The summed E-state index contributed by atoms with van der Waals surface area (Å²) in [6.07, 6.45) is 0. The maximum Gasteiger partial charge on any atom is 0.192 e. The highest BCUT2D eigenvalue weighted by Gasteiger charge is 2.10. The predicted molar refractivity (Wildman–Crippen MR) is 57.7 cm³/mol. The van der Waals surface area contributed by atoms with Crippen LogP contribution in [0.1, 0.15) is 17.2 Å². The van der Waals surface area contributed by atoms with E-state index in [1.54, 1.807) is 0 Å². The molecule has 4 nitrogen and oxygen atoms in total. The standard InChI is InChI=1S/C8H9IN4/c1-4-7-5(2)11-8(9)13(7)12-6(3)10-4/h1-3H3. The molecule has 68 valence electrons. The maximum atomic E-state index is 4.34. The average Bonchev–Trinajstić information content (AvgIpc) is 2.27. The van der Waals surface area contributed by atoms with Gasteiger partial charge in [-0.25, -0.2) is 14.5 Å². The number of hydrogen-bond donors (Lipinski definition) is 0. The summed E-state index contributed by atoms with van der Waals surface area (Å²) >= 11 is 2.17. The summed E-state index contributed by atoms with van der Waals surface area (Å²) in [5.41, 5.74) is 3.00. The third kappa shape index (κ3) is 1.31. The summed E-state index contributed by atoms with van der Waals surface area (Å²) < 4.78 is 2.73. The molecule has 0 aliphatic rings. The number of imidazole rings is 1. The lowest BCUT2D eigenvalue weighted by Crippen LogP contribution is -2.01. The molecule has 0 aliphatic heterocycles. The lowest BCUT2D eigenvalue weighted by molar-refractivity contribution is 0.816. The van der Waals surface area contributed by atoms with Crippen LogP contribution in [0, 0.1) is 24.6 Å². The third-order valence-corrected chi connectivity index (χ3v) is 2.60. The SMILES string of the molecule is Cc1nc(C)c2c(C)nc(I)n2n1. The average molecular weight is 288 g/mol. The van der Waals surface area contributed by atoms with Gasteiger partial charge in [0.2, 0.25) is 0 Å². The van der Waals surface area contributed by atoms with Crippen molar-refractivity contribution >= 4 is 28.1 Å². The number of aryl methyl sites for hydroxylation is 3. The summed E-state index contributed by atoms with van der Waals surface area (Å²) in [5.74, 6) is 0.778. The van der Waals surface area contributed by atoms with Crippen molar-refractivity contribution in [3.05, 3.63) is 21.0 Å². The van der Waals surface area contributed by atoms with E-state index in [1.807, 2.05) is 25.3 Å². The molecule has 0 atom stereocenters. The summed E-state index contributed by atoms with van der Waals surface area (Å²) in [7, 11) is 0. The van der Waals surface area contributed by atoms with Crippen LogP contribution in [0.3, 0.4) is 0 Å². The lowest BCUT2D eigenvalue weighted by atomic mass is 10.3. The maximum absolute atomic E-state index is 4.34. The van der Waals surface area contributed by atoms with Crippen LogP contribution < -0.4 is 0 Å². The molecule has 2 aromatic rings. The third-order valence-electron chi connectivity index (χ3n) is 1.91. The van der Waals surface area contributed by atoms with E-state index >= 15 is 0 Å². The van der Waals surface area contributed by atoms with Gasteiger partial charge in [0.1, 0.15) is 11.3 Å². The van der Waals surface area contributed by atoms with Gasteiger partial charge in [0.05, 0.1) is 11.4 Å². The zero-order valence-corrected chi connectivity index (χ0v) is 9.82. The first-order valence-electron chi connectivity index (χ1n) is 3.95. The number of rotatable bonds is 0. The van der Waals surface area contributed by atoms with E-state index < -0.39 is 0 Å². The minimum Gasteiger partial charge on any atom is -0.234 e. The predicted octanol–water partition coefficient (Wildman–Crippen LogP) is 1.65. The van der Waals surface area contributed by atoms with Crippen molar-refractivity contribution in [2.45, 2.75) is 20.8 Å². The highest BCUT2D eigenvalue weighted by molar-refractivity contribution is 14.1. The van der Waals surface area contributed by atoms with E-state index in [0.29, 0.717) is 0 Å². The highest BCUT2D eigenvalue weighted by Crippen LogP contribution is 2.15. The molecule has 0 spiro atoms. The highest BCUT2D eigenvalue weighted by atomic mass is 127. The van der Waals surface area contributed by atoms with Crippen LogP contribution >= 0.6 is 22.6 Å². The number of nitrogens with zero attached hydrogens (tertiary/aromatic N) is 4. The lowest BCUT2D eigenvalue weighted by Gasteiger charge is -1.99. The van der Waals surface area contributed by atoms with Gasteiger partial charge in [-0.15, -0.1) is 0 Å². The molecule has 2 rings (SSSR count). The minimum absolute atomic E-state index is 0.778. The molecule has 5 heteroatoms. The molecule has 0 amide bonds. The molecule has 0 bridgehead atoms. The van der Waals surface area contributed by atoms with Crippen LogP contribution in [0.2, 0.25) is 0 Å². The molecule has 0 N–H and O–H groups in total. The molecule has 0 radical (unpaired) electrons. The zero-order chi connectivity index (χ0) is 9.59. The minimum atomic E-state index is 0.778. The first-order valence-corrected chi connectivity index (χ1v) is 5.03. The Balaban J connectivity index is 2.97. The Morgan fingerprint density at radius 1 is 1.08 bits per heavy atom. The van der Waals surface area contributed by atoms with Gasteiger partial charge in [0.25, 0.3) is 0 Å². The molecule has 0 aromatic carbocycles. The van der Waals surface area contributed by atoms with Crippen LogP contribution in [0.5, 0.6) is 0 Å². The summed E-state index contributed by atoms with van der Waals surface area (Å²) in [4.78, 5) is 8.64. The fourth-order valence-corrected chi connectivity index (χ4v) is 2.16. The molecule has 2 heterocycles. The van der Waals surface area contributed by atoms with E-state index in [-0.39, 0.29) is 0 Å². The van der Waals surface area contributed by atoms with Crippen molar-refractivity contribution in [3.8, 4) is 0 Å². The normalized spacial score (nSPS) is 11.1. The van der Waals surface area contributed by atoms with Gasteiger partial charge in [0, 0.05) is 22.6 Å². The van der Waals surface area contributed by atoms with Gasteiger partial charge >= 0.3 is 0 Å². The summed E-state index contributed by atoms with van der Waals surface area (Å²) in [5, 5.41) is 4.29. The smallest absolute Gasteiger partial charge is 0.192 e. The fourth-order valence-electron chi connectivity index (χ4n) is 1.45. The van der Waals surface area contributed by atoms with Crippen LogP contribution in [-0.2, 0) is 0 Å². The molecule has 0 fully saturated rings. The van der Waals surface area contributed by atoms with Gasteiger partial charge in [-0.05, 0) is 20.8 Å². The molecular weight excluding hydrogens is 279 g/mol. The van der Waals surface area contributed by atoms with Gasteiger partial charge in [-0.1, -0.05) is 0 Å². The molecule has 0 aliphatic carbocycles. The fraction of sp³-hybridized carbons (Fsp3) is 0.375. The second-order valence-corrected chi connectivity index (χ2v) is 3.94. The Morgan fingerprint density at radius 2 is 1.69 bits per heavy atom. The van der Waals surface area contributed by atoms with Gasteiger partial charge in [-0.2, -0.15) is 5.10 Å². The van der Waals surface area contributed by atoms with E-state index in [1.165, 1.54) is 0 Å². The number of halogens is 1. The first-order chi connectivity index (χ1) is 6.09. The molecule has 0 unspecified atom stereocenters. The van der Waals surface area contributed by atoms with E-state index in [0.717, 1.165) is 26.6 Å². The van der Waals surface area contributed by atoms with Crippen LogP contribution in [0.15, 0.2) is 0 Å². The van der Waals surface area contributed by atoms with E-state index in [4.69, 9.17) is 0 Å². The van der Waals surface area contributed by atoms with E-state index in [9.17, 15) is 0 Å². The van der Waals surface area contributed by atoms with Crippen molar-refractivity contribution in [1.82, 2.24) is 19.6 Å². The van der Waals surface area contributed by atoms with Crippen molar-refractivity contribution in [1.29, 1.82) is 0 Å². The quantitative estimate of drug-likeness (QED) is 0.692. The number of aromatic nitrogens is 4. The van der Waals surface area contributed by atoms with Crippen molar-refractivity contribution in [3.63, 3.8) is 0 Å². The Hall–Kier alpha value is -0.720. The summed E-state index contributed by atoms with van der Waals surface area (Å²) in [6.45, 7) is 5.84. The largest absolute Gasteiger partial charge is 0.234 e. The Labute approximate surface area is 89.5 Å². The Kier molecular flexibility index (Phi) is 1.98. The van der Waals surface area contributed by atoms with Gasteiger partial charge < -0.3 is 0 Å². The van der Waals surface area contributed by atoms with Gasteiger partial charge in [-0.3, -0.25) is 0 Å². The second-order valence-electron chi connectivity index (χ2n) is 2.97. The molecule has 13 heavy (non-hydrogen) atoms. The molecule has 0 saturated heterocycles. The molecule has 0 saturated carbocycles. The Bertz CT molecular complexity index is 474. The van der Waals surface area contributed by atoms with Crippen molar-refractivity contribution in [2.24, 2.45) is 0 Å². The summed E-state index contributed by atoms with van der Waals surface area (Å²) in [6, 6.07) is 0. The number of hydrogen-bond acceptors (Lipinski definition) is 3. The zero-order valence-electron chi connectivity index (χ0n) is 7.67. The van der Waals surface area contributed by atoms with Crippen LogP contribution in [0.4, 0.5) is 0 Å². The van der Waals surface area contributed by atoms with Crippen molar-refractivity contribution in [2.75, 3.05) is 0 Å². The molecule has 2 aromatic heterocycles. The van der Waals surface area contributed by atoms with Gasteiger partial charge in [0.15, 0.2) is 3.83 Å². The van der Waals surface area contributed by atoms with Crippen LogP contribution in [-0.4, -0.2) is 19.6 Å². The monoisotopic (exact) mass is 288 g/mol. The molecular formula is C8H9IN4. The van der Waals surface area contributed by atoms with E-state index in [2.05, 4.69) is 37.7 Å². The first kappa shape index (κ1) is 8.86. The van der Waals surface area contributed by atoms with Crippen molar-refractivity contribution < 1.29 is 0 Å². The second kappa shape index (κ2) is 2.90. The Morgan fingerprint density at radius 3 is 2.38 bits per heavy atom. The van der Waals surface area contributed by atoms with Crippen LogP contribution in [0.25, 0.3) is 5.52 Å².